The smallest absolute Gasteiger partial charge is 0.359 e. The van der Waals surface area contributed by atoms with Gasteiger partial charge in [0.15, 0.2) is 13.3 Å². The van der Waals surface area contributed by atoms with Gasteiger partial charge in [0.05, 0.1) is 18.3 Å². The van der Waals surface area contributed by atoms with E-state index >= 15 is 0 Å². The van der Waals surface area contributed by atoms with Gasteiger partial charge in [-0.3, -0.25) is 4.90 Å². The number of fused-ring (bicyclic) bond motifs is 1. The predicted octanol–water partition coefficient (Wildman–Crippen LogP) is 0.0155. The van der Waals surface area contributed by atoms with E-state index in [0.717, 1.165) is 48.2 Å². The zero-order chi connectivity index (χ0) is 20.4. The van der Waals surface area contributed by atoms with Gasteiger partial charge in [0.2, 0.25) is 0 Å². The summed E-state index contributed by atoms with van der Waals surface area (Å²) >= 11 is 0. The molecule has 0 amide bonds. The molecule has 0 saturated carbocycles. The van der Waals surface area contributed by atoms with Crippen LogP contribution in [0, 0.1) is 20.8 Å². The fourth-order valence-corrected chi connectivity index (χ4v) is 3.51. The maximum atomic E-state index is 5.22. The van der Waals surface area contributed by atoms with Crippen molar-refractivity contribution in [1.29, 1.82) is 0 Å². The summed E-state index contributed by atoms with van der Waals surface area (Å²) in [5, 5.41) is 7.79. The minimum Gasteiger partial charge on any atom is -0.497 e. The molecule has 7 nitrogen and oxygen atoms in total. The van der Waals surface area contributed by atoms with Gasteiger partial charge < -0.3 is 4.74 Å². The number of rotatable bonds is 4. The molecule has 2 aromatic carbocycles. The zero-order valence-corrected chi connectivity index (χ0v) is 17.4. The minimum absolute atomic E-state index is 0.604. The summed E-state index contributed by atoms with van der Waals surface area (Å²) in [6, 6.07) is 12.5. The number of hydrogen-bond acceptors (Lipinski definition) is 5. The van der Waals surface area contributed by atoms with Gasteiger partial charge in [0.25, 0.3) is 5.95 Å². The molecule has 7 heteroatoms. The van der Waals surface area contributed by atoms with Gasteiger partial charge in [-0.15, -0.1) is 0 Å². The molecule has 0 bridgehead atoms. The molecule has 0 fully saturated rings. The largest absolute Gasteiger partial charge is 0.497 e. The topological polar surface area (TPSA) is 77.5 Å². The number of aryl methyl sites for hydroxylation is 3. The lowest BCUT2D eigenvalue weighted by molar-refractivity contribution is -0.991. The monoisotopic (exact) mass is 392 g/mol. The summed E-state index contributed by atoms with van der Waals surface area (Å²) in [4.78, 5) is 14.1. The number of quaternary nitrogens is 1. The third kappa shape index (κ3) is 4.30. The lowest BCUT2D eigenvalue weighted by Gasteiger charge is -2.20. The van der Waals surface area contributed by atoms with E-state index in [9.17, 15) is 0 Å². The normalized spacial score (nSPS) is 16.3. The first-order chi connectivity index (χ1) is 14.0. The van der Waals surface area contributed by atoms with Gasteiger partial charge in [-0.1, -0.05) is 0 Å². The van der Waals surface area contributed by atoms with E-state index < -0.39 is 0 Å². The van der Waals surface area contributed by atoms with Crippen molar-refractivity contribution >= 4 is 22.8 Å². The molecular weight excluding hydrogens is 364 g/mol. The van der Waals surface area contributed by atoms with Crippen molar-refractivity contribution < 1.29 is 14.6 Å². The van der Waals surface area contributed by atoms with Crippen molar-refractivity contribution in [3.63, 3.8) is 0 Å². The first-order valence-corrected chi connectivity index (χ1v) is 9.85. The lowest BCUT2D eigenvalue weighted by Crippen LogP contribution is -3.23. The number of anilines is 1. The van der Waals surface area contributed by atoms with E-state index in [1.807, 2.05) is 19.1 Å². The van der Waals surface area contributed by atoms with E-state index in [4.69, 9.17) is 9.72 Å². The Balaban J connectivity index is 1.43. The Hall–Kier alpha value is -3.19. The van der Waals surface area contributed by atoms with Crippen molar-refractivity contribution in [3.05, 3.63) is 58.8 Å². The predicted molar refractivity (Wildman–Crippen MR) is 114 cm³/mol. The Morgan fingerprint density at radius 2 is 1.86 bits per heavy atom. The van der Waals surface area contributed by atoms with Crippen LogP contribution in [0.1, 0.15) is 22.4 Å². The molecule has 150 valence electrons. The maximum absolute atomic E-state index is 5.22. The lowest BCUT2D eigenvalue weighted by atomic mass is 10.1. The molecule has 1 aromatic heterocycles. The van der Waals surface area contributed by atoms with Crippen molar-refractivity contribution in [2.45, 2.75) is 27.3 Å². The summed E-state index contributed by atoms with van der Waals surface area (Å²) in [6.07, 6.45) is 0. The fourth-order valence-electron chi connectivity index (χ4n) is 3.51. The number of guanidine groups is 1. The number of nitrogens with zero attached hydrogens (tertiary/aromatic N) is 2. The number of ether oxygens (including phenoxy) is 1. The fraction of sp³-hybridized carbons (Fsp3) is 0.318. The van der Waals surface area contributed by atoms with Gasteiger partial charge in [0.1, 0.15) is 12.3 Å². The van der Waals surface area contributed by atoms with Crippen molar-refractivity contribution in [1.82, 2.24) is 15.3 Å². The van der Waals surface area contributed by atoms with E-state index in [-0.39, 0.29) is 0 Å². The van der Waals surface area contributed by atoms with Gasteiger partial charge in [-0.2, -0.15) is 4.98 Å². The van der Waals surface area contributed by atoms with E-state index in [1.54, 1.807) is 7.11 Å². The molecule has 0 spiro atoms. The Bertz CT molecular complexity index is 1060. The summed E-state index contributed by atoms with van der Waals surface area (Å²) in [6.45, 7) is 8.81. The van der Waals surface area contributed by atoms with Crippen LogP contribution in [-0.4, -0.2) is 36.4 Å². The Kier molecular flexibility index (Phi) is 5.31. The highest BCUT2D eigenvalue weighted by Gasteiger charge is 2.21. The third-order valence-corrected chi connectivity index (χ3v) is 5.38. The van der Waals surface area contributed by atoms with E-state index in [2.05, 4.69) is 58.7 Å². The molecule has 3 aromatic rings. The van der Waals surface area contributed by atoms with Crippen LogP contribution < -0.4 is 25.3 Å². The molecule has 0 radical (unpaired) electrons. The van der Waals surface area contributed by atoms with Gasteiger partial charge in [-0.05, 0) is 68.3 Å². The number of methoxy groups -OCH3 is 1. The van der Waals surface area contributed by atoms with E-state index in [0.29, 0.717) is 5.95 Å². The molecule has 0 saturated heterocycles. The first kappa shape index (κ1) is 19.1. The van der Waals surface area contributed by atoms with Gasteiger partial charge in [-0.25, -0.2) is 20.6 Å². The van der Waals surface area contributed by atoms with Crippen molar-refractivity contribution in [2.24, 2.45) is 0 Å². The van der Waals surface area contributed by atoms with Crippen LogP contribution in [0.15, 0.2) is 36.4 Å². The highest BCUT2D eigenvalue weighted by Crippen LogP contribution is 2.21. The second-order valence-electron chi connectivity index (χ2n) is 7.57. The number of hydrogen-bond donors (Lipinski definition) is 4. The Morgan fingerprint density at radius 1 is 1.10 bits per heavy atom. The molecule has 2 heterocycles. The molecule has 0 aliphatic carbocycles. The molecule has 4 rings (SSSR count). The van der Waals surface area contributed by atoms with Crippen LogP contribution in [0.3, 0.4) is 0 Å². The third-order valence-electron chi connectivity index (χ3n) is 5.38. The van der Waals surface area contributed by atoms with E-state index in [1.165, 1.54) is 21.6 Å². The zero-order valence-electron chi connectivity index (χ0n) is 17.4. The molecule has 1 atom stereocenters. The van der Waals surface area contributed by atoms with Crippen LogP contribution in [0.4, 0.5) is 5.95 Å². The average molecular weight is 393 g/mol. The van der Waals surface area contributed by atoms with Crippen molar-refractivity contribution in [2.75, 3.05) is 25.8 Å². The van der Waals surface area contributed by atoms with Crippen LogP contribution in [0.2, 0.25) is 0 Å². The summed E-state index contributed by atoms with van der Waals surface area (Å²) in [5.74, 6) is 2.33. The van der Waals surface area contributed by atoms with Crippen LogP contribution in [0.5, 0.6) is 5.75 Å². The number of benzene rings is 2. The highest BCUT2D eigenvalue weighted by atomic mass is 16.5. The molecule has 4 N–H and O–H groups in total. The molecular formula is C22H28N6O+2. The van der Waals surface area contributed by atoms with Crippen LogP contribution in [0.25, 0.3) is 10.9 Å². The second-order valence-corrected chi connectivity index (χ2v) is 7.57. The molecule has 1 aliphatic heterocycles. The summed E-state index contributed by atoms with van der Waals surface area (Å²) < 4.78 is 5.22. The maximum Gasteiger partial charge on any atom is 0.359 e. The summed E-state index contributed by atoms with van der Waals surface area (Å²) in [7, 11) is 1.69. The molecule has 1 aliphatic rings. The Morgan fingerprint density at radius 3 is 2.55 bits per heavy atom. The van der Waals surface area contributed by atoms with Gasteiger partial charge >= 0.3 is 5.96 Å². The number of nitrogens with one attached hydrogen (secondary N) is 4. The second kappa shape index (κ2) is 8.05. The van der Waals surface area contributed by atoms with Crippen molar-refractivity contribution in [3.8, 4) is 5.75 Å². The highest BCUT2D eigenvalue weighted by molar-refractivity contribution is 5.89. The standard InChI is InChI=1S/C22H26N6O/c1-14-9-19-16(3)25-22(26-20(19)10-15(14)2)27-21-23-12-28(13-24-21)11-17-5-7-18(29-4)8-6-17/h5-10H,11-13H2,1-4H3,(H2,23,24,25,26,27)/p+2. The SMILES string of the molecule is COc1ccc(C[NH+]2CNC(Nc3nc(C)c4cc(C)c(C)cc4n3)=[NH+]C2)cc1. The molecule has 1 unspecified atom stereocenters. The number of aromatic nitrogens is 2. The van der Waals surface area contributed by atoms with Gasteiger partial charge in [0, 0.05) is 10.9 Å². The Labute approximate surface area is 170 Å². The van der Waals surface area contributed by atoms with Crippen LogP contribution in [-0.2, 0) is 6.54 Å². The van der Waals surface area contributed by atoms with Crippen LogP contribution >= 0.6 is 0 Å². The first-order valence-electron chi connectivity index (χ1n) is 9.85. The average Bonchev–Trinajstić information content (AvgIpc) is 2.72. The quantitative estimate of drug-likeness (QED) is 0.504. The minimum atomic E-state index is 0.604. The summed E-state index contributed by atoms with van der Waals surface area (Å²) in [5.41, 5.74) is 5.71. The molecule has 29 heavy (non-hydrogen) atoms.